The summed E-state index contributed by atoms with van der Waals surface area (Å²) in [6.45, 7) is 0. The molecule has 1 amide bonds. The molecule has 3 aromatic rings. The van der Waals surface area contributed by atoms with E-state index in [4.69, 9.17) is 11.6 Å². The SMILES string of the molecule is O=C1CC(c2cc(F)cc(F)c2)c2c(nc(SCc3cccc(Cl)c3)[nH]c2=O)N1. The number of amides is 1. The lowest BCUT2D eigenvalue weighted by Gasteiger charge is -2.24. The molecule has 1 aromatic heterocycles. The van der Waals surface area contributed by atoms with Gasteiger partial charge in [0.2, 0.25) is 5.91 Å². The molecule has 0 saturated carbocycles. The van der Waals surface area contributed by atoms with Gasteiger partial charge in [-0.25, -0.2) is 13.8 Å². The van der Waals surface area contributed by atoms with Crippen LogP contribution in [-0.4, -0.2) is 15.9 Å². The highest BCUT2D eigenvalue weighted by atomic mass is 35.5. The first kappa shape index (κ1) is 19.6. The predicted octanol–water partition coefficient (Wildman–Crippen LogP) is 4.47. The van der Waals surface area contributed by atoms with Crippen LogP contribution in [0.1, 0.15) is 29.0 Å². The molecule has 0 radical (unpaired) electrons. The summed E-state index contributed by atoms with van der Waals surface area (Å²) in [4.78, 5) is 31.9. The number of anilines is 1. The summed E-state index contributed by atoms with van der Waals surface area (Å²) in [7, 11) is 0. The third-order valence-corrected chi connectivity index (χ3v) is 5.66. The van der Waals surface area contributed by atoms with Gasteiger partial charge in [0.1, 0.15) is 17.5 Å². The summed E-state index contributed by atoms with van der Waals surface area (Å²) in [6, 6.07) is 10.3. The van der Waals surface area contributed by atoms with Crippen molar-refractivity contribution < 1.29 is 13.6 Å². The molecule has 2 N–H and O–H groups in total. The summed E-state index contributed by atoms with van der Waals surface area (Å²) < 4.78 is 27.3. The van der Waals surface area contributed by atoms with E-state index in [0.29, 0.717) is 15.9 Å². The van der Waals surface area contributed by atoms with Gasteiger partial charge in [0.05, 0.1) is 5.56 Å². The van der Waals surface area contributed by atoms with E-state index >= 15 is 0 Å². The van der Waals surface area contributed by atoms with Gasteiger partial charge in [0, 0.05) is 29.2 Å². The molecule has 9 heteroatoms. The zero-order valence-electron chi connectivity index (χ0n) is 14.8. The fraction of sp³-hybridized carbons (Fsp3) is 0.150. The lowest BCUT2D eigenvalue weighted by molar-refractivity contribution is -0.116. The predicted molar refractivity (Wildman–Crippen MR) is 107 cm³/mol. The zero-order valence-corrected chi connectivity index (χ0v) is 16.4. The van der Waals surface area contributed by atoms with E-state index in [1.807, 2.05) is 12.1 Å². The van der Waals surface area contributed by atoms with Gasteiger partial charge >= 0.3 is 0 Å². The second kappa shape index (κ2) is 7.96. The number of rotatable bonds is 4. The van der Waals surface area contributed by atoms with Gasteiger partial charge in [-0.15, -0.1) is 0 Å². The first-order chi connectivity index (χ1) is 13.9. The Morgan fingerprint density at radius 1 is 1.14 bits per heavy atom. The molecule has 1 aliphatic heterocycles. The second-order valence-electron chi connectivity index (χ2n) is 6.56. The van der Waals surface area contributed by atoms with Gasteiger partial charge in [-0.05, 0) is 35.4 Å². The summed E-state index contributed by atoms with van der Waals surface area (Å²) >= 11 is 7.25. The number of thioether (sulfide) groups is 1. The van der Waals surface area contributed by atoms with Crippen LogP contribution in [-0.2, 0) is 10.5 Å². The van der Waals surface area contributed by atoms with Crippen LogP contribution in [0.5, 0.6) is 0 Å². The van der Waals surface area contributed by atoms with Crippen LogP contribution in [0.15, 0.2) is 52.4 Å². The van der Waals surface area contributed by atoms with Crippen molar-refractivity contribution in [3.8, 4) is 0 Å². The third-order valence-electron chi connectivity index (χ3n) is 4.48. The molecule has 0 saturated heterocycles. The Morgan fingerprint density at radius 2 is 1.90 bits per heavy atom. The number of nitrogens with one attached hydrogen (secondary N) is 2. The monoisotopic (exact) mass is 433 g/mol. The first-order valence-corrected chi connectivity index (χ1v) is 10.0. The number of hydrogen-bond acceptors (Lipinski definition) is 4. The molecule has 0 spiro atoms. The Bertz CT molecular complexity index is 1150. The van der Waals surface area contributed by atoms with E-state index in [1.54, 1.807) is 12.1 Å². The minimum absolute atomic E-state index is 0.102. The average molecular weight is 434 g/mol. The summed E-state index contributed by atoms with van der Waals surface area (Å²) in [5, 5.41) is 3.51. The van der Waals surface area contributed by atoms with Gasteiger partial charge in [0.15, 0.2) is 5.16 Å². The molecule has 29 heavy (non-hydrogen) atoms. The molecule has 2 heterocycles. The molecule has 1 unspecified atom stereocenters. The fourth-order valence-electron chi connectivity index (χ4n) is 3.26. The number of benzene rings is 2. The first-order valence-electron chi connectivity index (χ1n) is 8.66. The molecule has 1 aliphatic rings. The van der Waals surface area contributed by atoms with Crippen molar-refractivity contribution in [2.75, 3.05) is 5.32 Å². The molecular weight excluding hydrogens is 420 g/mol. The van der Waals surface area contributed by atoms with Crippen molar-refractivity contribution >= 4 is 35.1 Å². The maximum Gasteiger partial charge on any atom is 0.257 e. The van der Waals surface area contributed by atoms with E-state index in [1.165, 1.54) is 11.8 Å². The standard InChI is InChI=1S/C20H14ClF2N3O2S/c21-12-3-1-2-10(4-12)9-29-20-25-18-17(19(28)26-20)15(8-16(27)24-18)11-5-13(22)7-14(23)6-11/h1-7,15H,8-9H2,(H2,24,25,26,27,28). The van der Waals surface area contributed by atoms with E-state index in [0.717, 1.165) is 23.8 Å². The Morgan fingerprint density at radius 3 is 2.62 bits per heavy atom. The van der Waals surface area contributed by atoms with Crippen molar-refractivity contribution in [1.82, 2.24) is 9.97 Å². The van der Waals surface area contributed by atoms with E-state index < -0.39 is 23.1 Å². The van der Waals surface area contributed by atoms with Crippen LogP contribution >= 0.6 is 23.4 Å². The molecular formula is C20H14ClF2N3O2S. The molecule has 0 aliphatic carbocycles. The Hall–Kier alpha value is -2.71. The van der Waals surface area contributed by atoms with Crippen LogP contribution in [0, 0.1) is 11.6 Å². The van der Waals surface area contributed by atoms with Gasteiger partial charge < -0.3 is 10.3 Å². The zero-order chi connectivity index (χ0) is 20.5. The molecule has 1 atom stereocenters. The van der Waals surface area contributed by atoms with E-state index in [2.05, 4.69) is 15.3 Å². The van der Waals surface area contributed by atoms with Crippen molar-refractivity contribution in [2.24, 2.45) is 0 Å². The highest BCUT2D eigenvalue weighted by Gasteiger charge is 2.31. The quantitative estimate of drug-likeness (QED) is 0.470. The summed E-state index contributed by atoms with van der Waals surface area (Å²) in [5.74, 6) is -2.10. The van der Waals surface area contributed by atoms with Gasteiger partial charge in [-0.2, -0.15) is 0 Å². The van der Waals surface area contributed by atoms with Crippen molar-refractivity contribution in [2.45, 2.75) is 23.2 Å². The smallest absolute Gasteiger partial charge is 0.257 e. The van der Waals surface area contributed by atoms with E-state index in [-0.39, 0.29) is 29.3 Å². The van der Waals surface area contributed by atoms with Crippen LogP contribution in [0.3, 0.4) is 0 Å². The van der Waals surface area contributed by atoms with Crippen molar-refractivity contribution in [3.05, 3.63) is 86.2 Å². The number of aromatic amines is 1. The number of aromatic nitrogens is 2. The summed E-state index contributed by atoms with van der Waals surface area (Å²) in [5.41, 5.74) is 0.880. The number of carbonyl (C=O) groups excluding carboxylic acids is 1. The number of nitrogens with zero attached hydrogens (tertiary/aromatic N) is 1. The highest BCUT2D eigenvalue weighted by Crippen LogP contribution is 2.35. The molecule has 148 valence electrons. The summed E-state index contributed by atoms with van der Waals surface area (Å²) in [6.07, 6.45) is -0.102. The van der Waals surface area contributed by atoms with Gasteiger partial charge in [-0.3, -0.25) is 9.59 Å². The minimum atomic E-state index is -0.785. The van der Waals surface area contributed by atoms with Crippen LogP contribution in [0.25, 0.3) is 0 Å². The molecule has 4 rings (SSSR count). The van der Waals surface area contributed by atoms with Gasteiger partial charge in [0.25, 0.3) is 5.56 Å². The van der Waals surface area contributed by atoms with Crippen LogP contribution in [0.4, 0.5) is 14.6 Å². The second-order valence-corrected chi connectivity index (χ2v) is 7.96. The third kappa shape index (κ3) is 4.33. The fourth-order valence-corrected chi connectivity index (χ4v) is 4.28. The maximum atomic E-state index is 13.7. The van der Waals surface area contributed by atoms with Crippen LogP contribution < -0.4 is 10.9 Å². The van der Waals surface area contributed by atoms with Crippen molar-refractivity contribution in [1.29, 1.82) is 0 Å². The van der Waals surface area contributed by atoms with Crippen molar-refractivity contribution in [3.63, 3.8) is 0 Å². The molecule has 2 aromatic carbocycles. The maximum absolute atomic E-state index is 13.7. The molecule has 0 bridgehead atoms. The Labute approximate surface area is 173 Å². The average Bonchev–Trinajstić information content (AvgIpc) is 2.64. The number of H-pyrrole nitrogens is 1. The van der Waals surface area contributed by atoms with Crippen LogP contribution in [0.2, 0.25) is 5.02 Å². The number of hydrogen-bond donors (Lipinski definition) is 2. The normalized spacial score (nSPS) is 15.7. The molecule has 5 nitrogen and oxygen atoms in total. The lowest BCUT2D eigenvalue weighted by Crippen LogP contribution is -2.31. The number of carbonyl (C=O) groups is 1. The largest absolute Gasteiger partial charge is 0.310 e. The topological polar surface area (TPSA) is 74.8 Å². The minimum Gasteiger partial charge on any atom is -0.310 e. The number of halogens is 3. The van der Waals surface area contributed by atoms with E-state index in [9.17, 15) is 18.4 Å². The lowest BCUT2D eigenvalue weighted by atomic mass is 9.87. The highest BCUT2D eigenvalue weighted by molar-refractivity contribution is 7.98. The number of fused-ring (bicyclic) bond motifs is 1. The molecule has 0 fully saturated rings. The Balaban J connectivity index is 1.67. The Kier molecular flexibility index (Phi) is 5.38. The van der Waals surface area contributed by atoms with Gasteiger partial charge in [-0.1, -0.05) is 35.5 Å².